The highest BCUT2D eigenvalue weighted by atomic mass is 35.5. The number of aromatic nitrogens is 1. The Hall–Kier alpha value is -3.39. The Morgan fingerprint density at radius 3 is 2.45 bits per heavy atom. The Balaban J connectivity index is 2.12. The van der Waals surface area contributed by atoms with E-state index < -0.39 is 35.3 Å². The van der Waals surface area contributed by atoms with Gasteiger partial charge >= 0.3 is 5.97 Å². The van der Waals surface area contributed by atoms with Crippen molar-refractivity contribution in [3.63, 3.8) is 0 Å². The number of phenols is 1. The lowest BCUT2D eigenvalue weighted by atomic mass is 9.96. The van der Waals surface area contributed by atoms with Gasteiger partial charge in [0, 0.05) is 34.3 Å². The van der Waals surface area contributed by atoms with Gasteiger partial charge in [0.2, 0.25) is 5.91 Å². The van der Waals surface area contributed by atoms with Crippen molar-refractivity contribution in [2.45, 2.75) is 26.2 Å². The molecule has 7 nitrogen and oxygen atoms in total. The van der Waals surface area contributed by atoms with E-state index in [2.05, 4.69) is 5.32 Å². The van der Waals surface area contributed by atoms with Crippen molar-refractivity contribution in [2.75, 3.05) is 6.54 Å². The molecule has 0 bridgehead atoms. The summed E-state index contributed by atoms with van der Waals surface area (Å²) in [4.78, 5) is 36.5. The number of benzene rings is 2. The van der Waals surface area contributed by atoms with Gasteiger partial charge < -0.3 is 15.5 Å². The predicted octanol–water partition coefficient (Wildman–Crippen LogP) is 3.83. The molecule has 1 aromatic heterocycles. The van der Waals surface area contributed by atoms with Gasteiger partial charge in [-0.3, -0.25) is 19.0 Å². The third-order valence-electron chi connectivity index (χ3n) is 5.08. The molecule has 0 aliphatic carbocycles. The van der Waals surface area contributed by atoms with Crippen LogP contribution in [0.1, 0.15) is 40.9 Å². The smallest absolute Gasteiger partial charge is 0.305 e. The zero-order valence-corrected chi connectivity index (χ0v) is 17.5. The minimum absolute atomic E-state index is 0.0558. The highest BCUT2D eigenvalue weighted by molar-refractivity contribution is 6.30. The third kappa shape index (κ3) is 4.39. The minimum Gasteiger partial charge on any atom is -0.505 e. The van der Waals surface area contributed by atoms with E-state index in [1.165, 1.54) is 22.8 Å². The molecule has 0 saturated heterocycles. The fraction of sp³-hybridized carbons (Fsp3) is 0.227. The van der Waals surface area contributed by atoms with Gasteiger partial charge in [0.25, 0.3) is 5.91 Å². The largest absolute Gasteiger partial charge is 0.505 e. The molecule has 0 radical (unpaired) electrons. The highest BCUT2D eigenvalue weighted by Gasteiger charge is 2.27. The molecule has 3 rings (SSSR count). The highest BCUT2D eigenvalue weighted by Crippen LogP contribution is 2.36. The molecule has 0 saturated carbocycles. The van der Waals surface area contributed by atoms with Crippen LogP contribution in [-0.2, 0) is 9.59 Å². The first kappa shape index (κ1) is 22.3. The fourth-order valence-corrected chi connectivity index (χ4v) is 3.68. The van der Waals surface area contributed by atoms with Gasteiger partial charge in [-0.15, -0.1) is 0 Å². The summed E-state index contributed by atoms with van der Waals surface area (Å²) >= 11 is 5.89. The molecule has 1 atom stereocenters. The van der Waals surface area contributed by atoms with Crippen molar-refractivity contribution in [2.24, 2.45) is 0 Å². The number of aromatic hydroxyl groups is 1. The monoisotopic (exact) mass is 446 g/mol. The Bertz CT molecular complexity index is 1190. The van der Waals surface area contributed by atoms with Gasteiger partial charge in [-0.25, -0.2) is 4.39 Å². The second-order valence-electron chi connectivity index (χ2n) is 7.12. The minimum atomic E-state index is -1.05. The maximum atomic E-state index is 14.2. The zero-order valence-electron chi connectivity index (χ0n) is 16.8. The number of rotatable bonds is 6. The SMILES string of the molecule is Cc1c([C@H](C)C(=O)NCCC(=O)O)c2cc(O)c(F)cc2n1C(=O)c1ccc(Cl)cc1. The van der Waals surface area contributed by atoms with Crippen LogP contribution in [0.4, 0.5) is 4.39 Å². The molecule has 162 valence electrons. The van der Waals surface area contributed by atoms with Gasteiger partial charge in [-0.2, -0.15) is 0 Å². The van der Waals surface area contributed by atoms with Crippen molar-refractivity contribution in [1.29, 1.82) is 0 Å². The number of carboxylic acid groups (broad SMARTS) is 1. The van der Waals surface area contributed by atoms with Crippen LogP contribution in [-0.4, -0.2) is 39.1 Å². The number of carbonyl (C=O) groups is 3. The predicted molar refractivity (Wildman–Crippen MR) is 113 cm³/mol. The average Bonchev–Trinajstić information content (AvgIpc) is 2.98. The van der Waals surface area contributed by atoms with Crippen molar-refractivity contribution >= 4 is 40.3 Å². The van der Waals surface area contributed by atoms with Crippen LogP contribution in [0.2, 0.25) is 5.02 Å². The van der Waals surface area contributed by atoms with Crippen LogP contribution in [0.25, 0.3) is 10.9 Å². The lowest BCUT2D eigenvalue weighted by Gasteiger charge is -2.13. The maximum Gasteiger partial charge on any atom is 0.305 e. The quantitative estimate of drug-likeness (QED) is 0.533. The molecule has 0 unspecified atom stereocenters. The summed E-state index contributed by atoms with van der Waals surface area (Å²) in [7, 11) is 0. The topological polar surface area (TPSA) is 109 Å². The van der Waals surface area contributed by atoms with E-state index >= 15 is 0 Å². The number of aliphatic carboxylic acids is 1. The molecular formula is C22H20ClFN2O5. The van der Waals surface area contributed by atoms with Crippen LogP contribution in [0.15, 0.2) is 36.4 Å². The number of carbonyl (C=O) groups excluding carboxylic acids is 2. The maximum absolute atomic E-state index is 14.2. The van der Waals surface area contributed by atoms with E-state index in [-0.39, 0.29) is 18.5 Å². The van der Waals surface area contributed by atoms with Crippen LogP contribution in [0, 0.1) is 12.7 Å². The first-order valence-corrected chi connectivity index (χ1v) is 9.82. The van der Waals surface area contributed by atoms with E-state index in [1.54, 1.807) is 26.0 Å². The second-order valence-corrected chi connectivity index (χ2v) is 7.56. The molecule has 0 fully saturated rings. The third-order valence-corrected chi connectivity index (χ3v) is 5.33. The summed E-state index contributed by atoms with van der Waals surface area (Å²) in [6.07, 6.45) is -0.236. The van der Waals surface area contributed by atoms with Crippen molar-refractivity contribution in [3.05, 3.63) is 64.1 Å². The van der Waals surface area contributed by atoms with Crippen molar-refractivity contribution < 1.29 is 29.0 Å². The number of hydrogen-bond donors (Lipinski definition) is 3. The molecule has 0 spiro atoms. The van der Waals surface area contributed by atoms with Gasteiger partial charge in [-0.05, 0) is 49.7 Å². The number of amides is 1. The number of hydrogen-bond acceptors (Lipinski definition) is 4. The van der Waals surface area contributed by atoms with Crippen molar-refractivity contribution in [3.8, 4) is 5.75 Å². The van der Waals surface area contributed by atoms with E-state index in [0.717, 1.165) is 6.07 Å². The molecule has 0 aliphatic rings. The molecule has 3 aromatic rings. The number of fused-ring (bicyclic) bond motifs is 1. The number of carboxylic acids is 1. The van der Waals surface area contributed by atoms with Crippen LogP contribution in [0.5, 0.6) is 5.75 Å². The standard InChI is InChI=1S/C22H20ClFN2O5/c1-11(21(30)25-8-7-19(28)29)20-12(2)26(17-10-16(24)18(27)9-15(17)20)22(31)13-3-5-14(23)6-4-13/h3-6,9-11,27H,7-8H2,1-2H3,(H,25,30)(H,28,29)/t11-/m0/s1. The lowest BCUT2D eigenvalue weighted by Crippen LogP contribution is -2.30. The van der Waals surface area contributed by atoms with E-state index in [0.29, 0.717) is 27.2 Å². The molecule has 3 N–H and O–H groups in total. The second kappa shape index (κ2) is 8.77. The normalized spacial score (nSPS) is 12.0. The molecule has 1 heterocycles. The molecule has 0 aliphatic heterocycles. The molecule has 1 amide bonds. The Morgan fingerprint density at radius 2 is 1.84 bits per heavy atom. The van der Waals surface area contributed by atoms with Crippen LogP contribution >= 0.6 is 11.6 Å². The summed E-state index contributed by atoms with van der Waals surface area (Å²) in [6.45, 7) is 3.16. The summed E-state index contributed by atoms with van der Waals surface area (Å²) in [6, 6.07) is 8.41. The fourth-order valence-electron chi connectivity index (χ4n) is 3.55. The van der Waals surface area contributed by atoms with E-state index in [4.69, 9.17) is 16.7 Å². The first-order valence-electron chi connectivity index (χ1n) is 9.45. The van der Waals surface area contributed by atoms with Gasteiger partial charge in [0.1, 0.15) is 0 Å². The average molecular weight is 447 g/mol. The molecule has 2 aromatic carbocycles. The summed E-state index contributed by atoms with van der Waals surface area (Å²) in [5, 5.41) is 22.0. The number of halogens is 2. The van der Waals surface area contributed by atoms with E-state index in [9.17, 15) is 23.9 Å². The van der Waals surface area contributed by atoms with Gasteiger partial charge in [0.15, 0.2) is 11.6 Å². The van der Waals surface area contributed by atoms with Gasteiger partial charge in [0.05, 0.1) is 17.9 Å². The summed E-state index contributed by atoms with van der Waals surface area (Å²) in [5.41, 5.74) is 1.34. The molecule has 9 heteroatoms. The van der Waals surface area contributed by atoms with Crippen LogP contribution in [0.3, 0.4) is 0 Å². The Kier molecular flexibility index (Phi) is 6.31. The summed E-state index contributed by atoms with van der Waals surface area (Å²) < 4.78 is 15.5. The number of nitrogens with zero attached hydrogens (tertiary/aromatic N) is 1. The molecule has 31 heavy (non-hydrogen) atoms. The number of phenolic OH excluding ortho intramolecular Hbond substituents is 1. The Morgan fingerprint density at radius 1 is 1.19 bits per heavy atom. The lowest BCUT2D eigenvalue weighted by molar-refractivity contribution is -0.136. The van der Waals surface area contributed by atoms with E-state index in [1.807, 2.05) is 0 Å². The van der Waals surface area contributed by atoms with Crippen LogP contribution < -0.4 is 5.32 Å². The van der Waals surface area contributed by atoms with Gasteiger partial charge in [-0.1, -0.05) is 11.6 Å². The van der Waals surface area contributed by atoms with Crippen molar-refractivity contribution in [1.82, 2.24) is 9.88 Å². The first-order chi connectivity index (χ1) is 14.6. The molecular weight excluding hydrogens is 427 g/mol. The zero-order chi connectivity index (χ0) is 22.9. The summed E-state index contributed by atoms with van der Waals surface area (Å²) in [5.74, 6) is -4.25. The number of nitrogens with one attached hydrogen (secondary N) is 1. The Labute approximate surface area is 182 Å².